The van der Waals surface area contributed by atoms with Crippen molar-refractivity contribution >= 4 is 17.5 Å². The molecule has 1 heterocycles. The van der Waals surface area contributed by atoms with Gasteiger partial charge >= 0.3 is 0 Å². The van der Waals surface area contributed by atoms with Crippen LogP contribution < -0.4 is 9.64 Å². The van der Waals surface area contributed by atoms with Gasteiger partial charge in [0.15, 0.2) is 0 Å². The van der Waals surface area contributed by atoms with E-state index in [4.69, 9.17) is 10.00 Å². The Morgan fingerprint density at radius 1 is 0.852 bits per heavy atom. The van der Waals surface area contributed by atoms with Gasteiger partial charge in [-0.3, -0.25) is 14.5 Å². The van der Waals surface area contributed by atoms with E-state index in [9.17, 15) is 9.59 Å². The third-order valence-corrected chi connectivity index (χ3v) is 5.78. The number of nitriles is 1. The molecule has 1 saturated carbocycles. The van der Waals surface area contributed by atoms with Gasteiger partial charge < -0.3 is 4.74 Å². The van der Waals surface area contributed by atoms with Crippen LogP contribution in [0.15, 0.2) is 60.7 Å². The molecule has 27 heavy (non-hydrogen) atoms. The SMILES string of the molecule is N#Cc1ccc(Oc2ccc(N3C(=O)[C@@H]4[C@@H](C3=O)[C@@H]3C=C[C@@H]4C3)cc2)cc1. The van der Waals surface area contributed by atoms with Crippen LogP contribution in [0.5, 0.6) is 11.5 Å². The average molecular weight is 356 g/mol. The third-order valence-electron chi connectivity index (χ3n) is 5.78. The monoisotopic (exact) mass is 356 g/mol. The lowest BCUT2D eigenvalue weighted by Gasteiger charge is -2.17. The van der Waals surface area contributed by atoms with E-state index in [1.807, 2.05) is 0 Å². The Kier molecular flexibility index (Phi) is 3.41. The molecule has 5 nitrogen and oxygen atoms in total. The predicted molar refractivity (Wildman–Crippen MR) is 97.9 cm³/mol. The number of ether oxygens (including phenoxy) is 1. The number of anilines is 1. The molecule has 132 valence electrons. The lowest BCUT2D eigenvalue weighted by Crippen LogP contribution is -2.32. The minimum atomic E-state index is -0.193. The van der Waals surface area contributed by atoms with Crippen LogP contribution in [0.4, 0.5) is 5.69 Å². The molecule has 2 bridgehead atoms. The summed E-state index contributed by atoms with van der Waals surface area (Å²) < 4.78 is 5.76. The van der Waals surface area contributed by atoms with Gasteiger partial charge in [-0.15, -0.1) is 0 Å². The van der Waals surface area contributed by atoms with Gasteiger partial charge in [-0.2, -0.15) is 5.26 Å². The standard InChI is InChI=1S/C22H16N2O3/c23-12-13-1-7-17(8-2-13)27-18-9-5-16(6-10-18)24-21(25)19-14-3-4-15(11-14)20(19)22(24)26/h1-10,14-15,19-20H,11H2/t14-,15-,19+,20+/m1/s1. The number of imide groups is 1. The zero-order valence-corrected chi connectivity index (χ0v) is 14.4. The number of allylic oxidation sites excluding steroid dienone is 2. The fourth-order valence-corrected chi connectivity index (χ4v) is 4.55. The molecule has 2 amide bonds. The molecular formula is C22H16N2O3. The molecule has 2 aromatic carbocycles. The molecule has 5 heteroatoms. The quantitative estimate of drug-likeness (QED) is 0.622. The minimum Gasteiger partial charge on any atom is -0.457 e. The largest absolute Gasteiger partial charge is 0.457 e. The number of hydrogen-bond acceptors (Lipinski definition) is 4. The van der Waals surface area contributed by atoms with Gasteiger partial charge in [-0.1, -0.05) is 12.2 Å². The van der Waals surface area contributed by atoms with Gasteiger partial charge in [0.1, 0.15) is 11.5 Å². The minimum absolute atomic E-state index is 0.0809. The molecule has 1 aliphatic heterocycles. The first kappa shape index (κ1) is 15.8. The highest BCUT2D eigenvalue weighted by molar-refractivity contribution is 6.22. The molecule has 1 saturated heterocycles. The summed E-state index contributed by atoms with van der Waals surface area (Å²) in [6.07, 6.45) is 5.11. The summed E-state index contributed by atoms with van der Waals surface area (Å²) in [6, 6.07) is 15.9. The summed E-state index contributed by atoms with van der Waals surface area (Å²) >= 11 is 0. The maximum Gasteiger partial charge on any atom is 0.238 e. The first-order chi connectivity index (χ1) is 13.2. The Morgan fingerprint density at radius 2 is 1.37 bits per heavy atom. The van der Waals surface area contributed by atoms with Crippen molar-refractivity contribution in [1.29, 1.82) is 5.26 Å². The van der Waals surface area contributed by atoms with E-state index in [1.54, 1.807) is 48.5 Å². The summed E-state index contributed by atoms with van der Waals surface area (Å²) in [5.41, 5.74) is 1.16. The maximum atomic E-state index is 12.8. The Hall–Kier alpha value is -3.39. The van der Waals surface area contributed by atoms with Crippen LogP contribution in [0.1, 0.15) is 12.0 Å². The van der Waals surface area contributed by atoms with E-state index >= 15 is 0 Å². The highest BCUT2D eigenvalue weighted by atomic mass is 16.5. The molecule has 0 aromatic heterocycles. The second-order valence-corrected chi connectivity index (χ2v) is 7.24. The molecule has 2 aliphatic carbocycles. The van der Waals surface area contributed by atoms with Crippen molar-refractivity contribution in [2.75, 3.05) is 4.90 Å². The Balaban J connectivity index is 1.35. The number of amides is 2. The van der Waals surface area contributed by atoms with Gasteiger partial charge in [0.2, 0.25) is 11.8 Å². The van der Waals surface area contributed by atoms with Gasteiger partial charge in [0, 0.05) is 0 Å². The van der Waals surface area contributed by atoms with Gasteiger partial charge in [-0.25, -0.2) is 0 Å². The lowest BCUT2D eigenvalue weighted by atomic mass is 9.85. The summed E-state index contributed by atoms with van der Waals surface area (Å²) in [5, 5.41) is 8.84. The molecule has 0 radical (unpaired) electrons. The number of carbonyl (C=O) groups excluding carboxylic acids is 2. The molecule has 3 aliphatic rings. The molecular weight excluding hydrogens is 340 g/mol. The van der Waals surface area contributed by atoms with Crippen molar-refractivity contribution in [2.24, 2.45) is 23.7 Å². The van der Waals surface area contributed by atoms with E-state index in [0.29, 0.717) is 22.7 Å². The van der Waals surface area contributed by atoms with Crippen LogP contribution in [0, 0.1) is 35.0 Å². The van der Waals surface area contributed by atoms with Crippen LogP contribution in [-0.4, -0.2) is 11.8 Å². The zero-order valence-electron chi connectivity index (χ0n) is 14.4. The zero-order chi connectivity index (χ0) is 18.5. The summed E-state index contributed by atoms with van der Waals surface area (Å²) in [4.78, 5) is 27.0. The normalized spacial score (nSPS) is 27.7. The van der Waals surface area contributed by atoms with Crippen LogP contribution in [-0.2, 0) is 9.59 Å². The second kappa shape index (κ2) is 5.82. The number of fused-ring (bicyclic) bond motifs is 5. The highest BCUT2D eigenvalue weighted by Crippen LogP contribution is 2.53. The van der Waals surface area contributed by atoms with Crippen LogP contribution in [0.3, 0.4) is 0 Å². The maximum absolute atomic E-state index is 12.8. The van der Waals surface area contributed by atoms with Crippen molar-refractivity contribution in [1.82, 2.24) is 0 Å². The molecule has 5 rings (SSSR count). The van der Waals surface area contributed by atoms with E-state index in [-0.39, 0.29) is 35.5 Å². The fraction of sp³-hybridized carbons (Fsp3) is 0.227. The fourth-order valence-electron chi connectivity index (χ4n) is 4.55. The Morgan fingerprint density at radius 3 is 1.89 bits per heavy atom. The number of nitrogens with zero attached hydrogens (tertiary/aromatic N) is 2. The van der Waals surface area contributed by atoms with Crippen LogP contribution >= 0.6 is 0 Å². The van der Waals surface area contributed by atoms with Crippen molar-refractivity contribution < 1.29 is 14.3 Å². The molecule has 0 spiro atoms. The third kappa shape index (κ3) is 2.37. The van der Waals surface area contributed by atoms with Crippen LogP contribution in [0.2, 0.25) is 0 Å². The molecule has 2 fully saturated rings. The number of hydrogen-bond donors (Lipinski definition) is 0. The number of rotatable bonds is 3. The van der Waals surface area contributed by atoms with Crippen molar-refractivity contribution in [3.63, 3.8) is 0 Å². The Labute approximate surface area is 156 Å². The highest BCUT2D eigenvalue weighted by Gasteiger charge is 2.59. The summed E-state index contributed by atoms with van der Waals surface area (Å²) in [5.74, 6) is 1.09. The smallest absolute Gasteiger partial charge is 0.238 e. The topological polar surface area (TPSA) is 70.4 Å². The molecule has 0 unspecified atom stereocenters. The first-order valence-corrected chi connectivity index (χ1v) is 9.00. The van der Waals surface area contributed by atoms with Gasteiger partial charge in [-0.05, 0) is 66.8 Å². The number of carbonyl (C=O) groups is 2. The van der Waals surface area contributed by atoms with E-state index in [0.717, 1.165) is 6.42 Å². The summed E-state index contributed by atoms with van der Waals surface area (Å²) in [7, 11) is 0. The van der Waals surface area contributed by atoms with Gasteiger partial charge in [0.05, 0.1) is 29.2 Å². The van der Waals surface area contributed by atoms with E-state index in [1.165, 1.54) is 4.90 Å². The van der Waals surface area contributed by atoms with Crippen molar-refractivity contribution in [3.8, 4) is 17.6 Å². The van der Waals surface area contributed by atoms with E-state index in [2.05, 4.69) is 18.2 Å². The van der Waals surface area contributed by atoms with Crippen molar-refractivity contribution in [2.45, 2.75) is 6.42 Å². The number of benzene rings is 2. The average Bonchev–Trinajstić information content (AvgIpc) is 3.37. The van der Waals surface area contributed by atoms with E-state index < -0.39 is 0 Å². The first-order valence-electron chi connectivity index (χ1n) is 9.00. The van der Waals surface area contributed by atoms with Crippen LogP contribution in [0.25, 0.3) is 0 Å². The molecule has 2 aromatic rings. The predicted octanol–water partition coefficient (Wildman–Crippen LogP) is 3.66. The van der Waals surface area contributed by atoms with Gasteiger partial charge in [0.25, 0.3) is 0 Å². The lowest BCUT2D eigenvalue weighted by molar-refractivity contribution is -0.123. The molecule has 4 atom stereocenters. The Bertz CT molecular complexity index is 971. The second-order valence-electron chi connectivity index (χ2n) is 7.24. The van der Waals surface area contributed by atoms with Crippen molar-refractivity contribution in [3.05, 3.63) is 66.2 Å². The summed E-state index contributed by atoms with van der Waals surface area (Å²) in [6.45, 7) is 0. The molecule has 0 N–H and O–H groups in total.